The number of fused-ring (bicyclic) bond motifs is 2. The molecule has 176 valence electrons. The normalized spacial score (nSPS) is 21.9. The number of ether oxygens (including phenoxy) is 2. The largest absolute Gasteiger partial charge is 0.479 e. The van der Waals surface area contributed by atoms with Crippen LogP contribution in [0.2, 0.25) is 0 Å². The lowest BCUT2D eigenvalue weighted by Gasteiger charge is -2.30. The highest BCUT2D eigenvalue weighted by molar-refractivity contribution is 5.93. The van der Waals surface area contributed by atoms with Crippen LogP contribution >= 0.6 is 0 Å². The Labute approximate surface area is 194 Å². The number of hydrogen-bond donors (Lipinski definition) is 2. The minimum Gasteiger partial charge on any atom is -0.479 e. The average Bonchev–Trinajstić information content (AvgIpc) is 3.45. The molecule has 4 aromatic rings. The summed E-state index contributed by atoms with van der Waals surface area (Å²) in [5, 5.41) is 17.4. The predicted octanol–water partition coefficient (Wildman–Crippen LogP) is 4.28. The number of pyridine rings is 1. The van der Waals surface area contributed by atoms with Gasteiger partial charge in [0.15, 0.2) is 11.8 Å². The lowest BCUT2D eigenvalue weighted by molar-refractivity contribution is -0.153. The van der Waals surface area contributed by atoms with Gasteiger partial charge in [0.2, 0.25) is 0 Å². The number of aromatic amines is 1. The second-order valence-electron chi connectivity index (χ2n) is 9.10. The van der Waals surface area contributed by atoms with Gasteiger partial charge in [-0.25, -0.2) is 14.2 Å². The Bertz CT molecular complexity index is 1350. The van der Waals surface area contributed by atoms with Crippen molar-refractivity contribution in [1.29, 1.82) is 0 Å². The van der Waals surface area contributed by atoms with Crippen molar-refractivity contribution in [2.75, 3.05) is 19.8 Å². The van der Waals surface area contributed by atoms with E-state index in [1.54, 1.807) is 18.3 Å². The van der Waals surface area contributed by atoms with Crippen LogP contribution < -0.4 is 0 Å². The molecule has 2 atom stereocenters. The van der Waals surface area contributed by atoms with E-state index in [-0.39, 0.29) is 17.7 Å². The molecule has 6 rings (SSSR count). The molecule has 0 radical (unpaired) electrons. The Morgan fingerprint density at radius 3 is 2.62 bits per heavy atom. The molecule has 0 amide bonds. The van der Waals surface area contributed by atoms with Crippen LogP contribution in [0.5, 0.6) is 0 Å². The molecule has 2 fully saturated rings. The number of nitrogens with zero attached hydrogens (tertiary/aromatic N) is 3. The van der Waals surface area contributed by atoms with Gasteiger partial charge in [-0.3, -0.25) is 5.10 Å². The summed E-state index contributed by atoms with van der Waals surface area (Å²) in [6.45, 7) is 1.67. The standard InChI is InChI=1S/C25H25FN4O4/c26-17-2-4-18(5-3-17)30-19-11-16-12-27-29-24(16)28-22(19)21(23(30)14-7-9-33-10-8-14)15-1-6-20(25(31)32)34-13-15/h2-5,11-12,14-15,20H,1,6-10,13H2,(H,31,32)(H,27,28,29)/t15-,20+/m1/s1. The molecule has 0 unspecified atom stereocenters. The lowest BCUT2D eigenvalue weighted by atomic mass is 9.85. The number of rotatable bonds is 4. The lowest BCUT2D eigenvalue weighted by Crippen LogP contribution is -2.32. The third-order valence-electron chi connectivity index (χ3n) is 7.07. The zero-order valence-corrected chi connectivity index (χ0v) is 18.5. The highest BCUT2D eigenvalue weighted by Crippen LogP contribution is 2.44. The fraction of sp³-hybridized carbons (Fsp3) is 0.400. The van der Waals surface area contributed by atoms with Gasteiger partial charge in [-0.2, -0.15) is 5.10 Å². The third-order valence-corrected chi connectivity index (χ3v) is 7.07. The Balaban J connectivity index is 1.60. The molecule has 34 heavy (non-hydrogen) atoms. The molecule has 2 aliphatic heterocycles. The van der Waals surface area contributed by atoms with Gasteiger partial charge >= 0.3 is 5.97 Å². The fourth-order valence-electron chi connectivity index (χ4n) is 5.43. The first kappa shape index (κ1) is 21.2. The summed E-state index contributed by atoms with van der Waals surface area (Å²) in [6.07, 6.45) is 3.85. The van der Waals surface area contributed by atoms with Crippen molar-refractivity contribution in [1.82, 2.24) is 19.7 Å². The van der Waals surface area contributed by atoms with Crippen LogP contribution in [0.3, 0.4) is 0 Å². The number of halogens is 1. The number of aromatic nitrogens is 4. The minimum atomic E-state index is -0.922. The predicted molar refractivity (Wildman–Crippen MR) is 123 cm³/mol. The summed E-state index contributed by atoms with van der Waals surface area (Å²) >= 11 is 0. The summed E-state index contributed by atoms with van der Waals surface area (Å²) in [6, 6.07) is 8.59. The highest BCUT2D eigenvalue weighted by atomic mass is 19.1. The number of hydrogen-bond acceptors (Lipinski definition) is 5. The number of H-pyrrole nitrogens is 1. The molecule has 2 N–H and O–H groups in total. The maximum atomic E-state index is 13.8. The summed E-state index contributed by atoms with van der Waals surface area (Å²) < 4.78 is 27.4. The maximum absolute atomic E-state index is 13.8. The van der Waals surface area contributed by atoms with Crippen molar-refractivity contribution < 1.29 is 23.8 Å². The molecule has 3 aromatic heterocycles. The molecular formula is C25H25FN4O4. The Morgan fingerprint density at radius 1 is 1.12 bits per heavy atom. The molecule has 5 heterocycles. The van der Waals surface area contributed by atoms with Crippen LogP contribution in [0.1, 0.15) is 48.8 Å². The van der Waals surface area contributed by atoms with E-state index in [4.69, 9.17) is 14.5 Å². The number of carboxylic acid groups (broad SMARTS) is 1. The molecule has 0 bridgehead atoms. The summed E-state index contributed by atoms with van der Waals surface area (Å²) in [4.78, 5) is 16.4. The van der Waals surface area contributed by atoms with E-state index >= 15 is 0 Å². The van der Waals surface area contributed by atoms with E-state index < -0.39 is 12.1 Å². The molecule has 9 heteroatoms. The third kappa shape index (κ3) is 3.56. The Morgan fingerprint density at radius 2 is 1.91 bits per heavy atom. The second kappa shape index (κ2) is 8.48. The minimum absolute atomic E-state index is 0.00511. The topological polar surface area (TPSA) is 102 Å². The van der Waals surface area contributed by atoms with Crippen molar-refractivity contribution in [3.8, 4) is 5.69 Å². The molecule has 1 aromatic carbocycles. The van der Waals surface area contributed by atoms with E-state index in [0.29, 0.717) is 38.3 Å². The van der Waals surface area contributed by atoms with Gasteiger partial charge in [0.1, 0.15) is 5.82 Å². The Kier molecular flexibility index (Phi) is 5.30. The molecule has 8 nitrogen and oxygen atoms in total. The van der Waals surface area contributed by atoms with Crippen LogP contribution in [-0.2, 0) is 14.3 Å². The fourth-order valence-corrected chi connectivity index (χ4v) is 5.43. The highest BCUT2D eigenvalue weighted by Gasteiger charge is 2.35. The van der Waals surface area contributed by atoms with Gasteiger partial charge in [0.05, 0.1) is 23.8 Å². The number of benzene rings is 1. The number of carbonyl (C=O) groups is 1. The summed E-state index contributed by atoms with van der Waals surface area (Å²) in [7, 11) is 0. The van der Waals surface area contributed by atoms with Crippen LogP contribution in [0.25, 0.3) is 27.8 Å². The van der Waals surface area contributed by atoms with Gasteiger partial charge < -0.3 is 19.1 Å². The van der Waals surface area contributed by atoms with Crippen molar-refractivity contribution in [3.05, 3.63) is 53.6 Å². The first-order chi connectivity index (χ1) is 16.6. The van der Waals surface area contributed by atoms with Gasteiger partial charge in [0.25, 0.3) is 0 Å². The first-order valence-corrected chi connectivity index (χ1v) is 11.7. The Hall–Kier alpha value is -3.30. The summed E-state index contributed by atoms with van der Waals surface area (Å²) in [5.74, 6) is -0.972. The van der Waals surface area contributed by atoms with Crippen molar-refractivity contribution >= 4 is 28.0 Å². The monoisotopic (exact) mass is 464 g/mol. The van der Waals surface area contributed by atoms with Gasteiger partial charge in [-0.15, -0.1) is 0 Å². The quantitative estimate of drug-likeness (QED) is 0.467. The van der Waals surface area contributed by atoms with Crippen LogP contribution in [0, 0.1) is 5.82 Å². The van der Waals surface area contributed by atoms with Crippen molar-refractivity contribution in [2.24, 2.45) is 0 Å². The number of aliphatic carboxylic acids is 1. The van der Waals surface area contributed by atoms with E-state index in [2.05, 4.69) is 20.8 Å². The molecule has 2 aliphatic rings. The summed E-state index contributed by atoms with van der Waals surface area (Å²) in [5.41, 5.74) is 5.57. The number of carboxylic acids is 1. The molecule has 0 saturated carbocycles. The molecule has 2 saturated heterocycles. The van der Waals surface area contributed by atoms with Crippen LogP contribution in [0.4, 0.5) is 4.39 Å². The van der Waals surface area contributed by atoms with E-state index in [9.17, 15) is 14.3 Å². The smallest absolute Gasteiger partial charge is 0.332 e. The van der Waals surface area contributed by atoms with Crippen molar-refractivity contribution in [2.45, 2.75) is 43.6 Å². The molecule has 0 spiro atoms. The molecular weight excluding hydrogens is 439 g/mol. The maximum Gasteiger partial charge on any atom is 0.332 e. The SMILES string of the molecule is O=C(O)[C@@H]1CC[C@@H](c2c(C3CCOCC3)n(-c3ccc(F)cc3)c3cc4cn[nH]c4nc23)CO1. The van der Waals surface area contributed by atoms with Crippen LogP contribution in [0.15, 0.2) is 36.5 Å². The molecule has 0 aliphatic carbocycles. The number of nitrogens with one attached hydrogen (secondary N) is 1. The van der Waals surface area contributed by atoms with Gasteiger partial charge in [-0.05, 0) is 56.0 Å². The van der Waals surface area contributed by atoms with E-state index in [0.717, 1.165) is 46.2 Å². The van der Waals surface area contributed by atoms with Gasteiger partial charge in [-0.1, -0.05) is 0 Å². The van der Waals surface area contributed by atoms with Crippen LogP contribution in [-0.4, -0.2) is 56.7 Å². The van der Waals surface area contributed by atoms with Gasteiger partial charge in [0, 0.05) is 47.4 Å². The first-order valence-electron chi connectivity index (χ1n) is 11.7. The zero-order chi connectivity index (χ0) is 23.2. The van der Waals surface area contributed by atoms with E-state index in [1.807, 2.05) is 0 Å². The van der Waals surface area contributed by atoms with Crippen molar-refractivity contribution in [3.63, 3.8) is 0 Å². The average molecular weight is 464 g/mol. The zero-order valence-electron chi connectivity index (χ0n) is 18.5. The van der Waals surface area contributed by atoms with E-state index in [1.165, 1.54) is 12.1 Å². The second-order valence-corrected chi connectivity index (χ2v) is 9.10.